The summed E-state index contributed by atoms with van der Waals surface area (Å²) in [6, 6.07) is 11.8. The third kappa shape index (κ3) is 5.75. The number of aromatic nitrogens is 4. The Labute approximate surface area is 234 Å². The summed E-state index contributed by atoms with van der Waals surface area (Å²) in [7, 11) is 3.56. The number of hydrogen-bond acceptors (Lipinski definition) is 7. The highest BCUT2D eigenvalue weighted by Crippen LogP contribution is 2.28. The average molecular weight is 542 g/mol. The van der Waals surface area contributed by atoms with Gasteiger partial charge in [-0.15, -0.1) is 0 Å². The minimum Gasteiger partial charge on any atom is -0.497 e. The molecule has 40 heavy (non-hydrogen) atoms. The Morgan fingerprint density at radius 1 is 1.05 bits per heavy atom. The topological polar surface area (TPSA) is 105 Å². The Hall–Kier alpha value is -4.47. The van der Waals surface area contributed by atoms with Crippen LogP contribution in [0.1, 0.15) is 40.0 Å². The number of aryl methyl sites for hydroxylation is 3. The molecule has 4 aromatic rings. The smallest absolute Gasteiger partial charge is 0.322 e. The van der Waals surface area contributed by atoms with Crippen molar-refractivity contribution in [1.29, 1.82) is 0 Å². The summed E-state index contributed by atoms with van der Waals surface area (Å²) < 4.78 is 7.13. The predicted molar refractivity (Wildman–Crippen MR) is 155 cm³/mol. The molecule has 2 aromatic carbocycles. The molecule has 0 bridgehead atoms. The third-order valence-corrected chi connectivity index (χ3v) is 7.64. The van der Waals surface area contributed by atoms with Crippen molar-refractivity contribution in [2.75, 3.05) is 37.0 Å². The number of fused-ring (bicyclic) bond motifs is 2. The molecule has 10 nitrogen and oxygen atoms in total. The summed E-state index contributed by atoms with van der Waals surface area (Å²) in [5.74, 6) is 1.80. The van der Waals surface area contributed by atoms with Crippen LogP contribution in [0.25, 0.3) is 10.9 Å². The molecule has 2 aliphatic heterocycles. The van der Waals surface area contributed by atoms with Crippen LogP contribution in [0, 0.1) is 13.8 Å². The van der Waals surface area contributed by atoms with E-state index < -0.39 is 0 Å². The maximum atomic E-state index is 12.8. The first kappa shape index (κ1) is 27.1. The van der Waals surface area contributed by atoms with E-state index in [-0.39, 0.29) is 12.1 Å². The minimum absolute atomic E-state index is 0.00440. The van der Waals surface area contributed by atoms with Crippen molar-refractivity contribution >= 4 is 34.7 Å². The fraction of sp³-hybridized carbons (Fsp3) is 0.367. The molecule has 1 saturated heterocycles. The molecule has 2 amide bonds. The maximum absolute atomic E-state index is 12.8. The zero-order chi connectivity index (χ0) is 28.2. The number of carbonyl (C=O) groups is 2. The molecule has 208 valence electrons. The Morgan fingerprint density at radius 3 is 2.58 bits per heavy atom. The zero-order valence-corrected chi connectivity index (χ0v) is 23.4. The van der Waals surface area contributed by atoms with E-state index in [0.717, 1.165) is 90.2 Å². The molecule has 0 aliphatic carbocycles. The normalized spacial score (nSPS) is 15.6. The first-order valence-corrected chi connectivity index (χ1v) is 13.5. The first-order chi connectivity index (χ1) is 19.4. The van der Waals surface area contributed by atoms with Gasteiger partial charge >= 0.3 is 6.03 Å². The predicted octanol–water partition coefficient (Wildman–Crippen LogP) is 4.55. The van der Waals surface area contributed by atoms with Gasteiger partial charge in [-0.2, -0.15) is 5.10 Å². The number of rotatable bonds is 4. The number of carbonyl (C=O) groups excluding carboxylic acids is 2. The molecule has 2 aliphatic rings. The van der Waals surface area contributed by atoms with Gasteiger partial charge in [0.25, 0.3) is 0 Å². The summed E-state index contributed by atoms with van der Waals surface area (Å²) in [6.45, 7) is 6.48. The fourth-order valence-corrected chi connectivity index (χ4v) is 5.57. The molecule has 0 saturated carbocycles. The summed E-state index contributed by atoms with van der Waals surface area (Å²) >= 11 is 0. The van der Waals surface area contributed by atoms with Crippen molar-refractivity contribution in [3.8, 4) is 5.75 Å². The van der Waals surface area contributed by atoms with Crippen LogP contribution in [-0.4, -0.2) is 69.8 Å². The van der Waals surface area contributed by atoms with Crippen molar-refractivity contribution in [2.45, 2.75) is 39.2 Å². The second kappa shape index (κ2) is 11.7. The van der Waals surface area contributed by atoms with Crippen molar-refractivity contribution < 1.29 is 14.3 Å². The Morgan fingerprint density at radius 2 is 1.85 bits per heavy atom. The van der Waals surface area contributed by atoms with Crippen molar-refractivity contribution in [3.05, 3.63) is 71.3 Å². The van der Waals surface area contributed by atoms with Gasteiger partial charge in [0.1, 0.15) is 24.2 Å². The Balaban J connectivity index is 0.000000207. The molecule has 0 atom stereocenters. The van der Waals surface area contributed by atoms with Crippen molar-refractivity contribution in [1.82, 2.24) is 24.6 Å². The van der Waals surface area contributed by atoms with E-state index in [2.05, 4.69) is 25.3 Å². The van der Waals surface area contributed by atoms with Gasteiger partial charge in [0.15, 0.2) is 0 Å². The van der Waals surface area contributed by atoms with E-state index in [9.17, 15) is 9.59 Å². The van der Waals surface area contributed by atoms with Gasteiger partial charge in [-0.1, -0.05) is 0 Å². The monoisotopic (exact) mass is 541 g/mol. The largest absolute Gasteiger partial charge is 0.497 e. The second-order valence-electron chi connectivity index (χ2n) is 10.3. The molecule has 6 rings (SSSR count). The van der Waals surface area contributed by atoms with Gasteiger partial charge in [0.05, 0.1) is 18.8 Å². The van der Waals surface area contributed by atoms with Crippen molar-refractivity contribution in [3.63, 3.8) is 0 Å². The fourth-order valence-electron chi connectivity index (χ4n) is 5.57. The van der Waals surface area contributed by atoms with Crippen LogP contribution in [0.3, 0.4) is 0 Å². The van der Waals surface area contributed by atoms with Crippen LogP contribution < -0.4 is 15.0 Å². The third-order valence-electron chi connectivity index (χ3n) is 7.64. The number of hydrogen-bond donors (Lipinski definition) is 1. The van der Waals surface area contributed by atoms with E-state index >= 15 is 0 Å². The lowest BCUT2D eigenvalue weighted by atomic mass is 10.0. The number of ether oxygens (including phenoxy) is 1. The van der Waals surface area contributed by atoms with Crippen LogP contribution in [0.15, 0.2) is 48.9 Å². The number of piperidine rings is 1. The number of anilines is 2. The number of nitrogens with one attached hydrogen (secondary N) is 1. The number of aldehydes is 1. The molecular weight excluding hydrogens is 506 g/mol. The van der Waals surface area contributed by atoms with E-state index in [1.807, 2.05) is 66.9 Å². The van der Waals surface area contributed by atoms with Gasteiger partial charge in [-0.3, -0.25) is 9.48 Å². The molecule has 0 unspecified atom stereocenters. The van der Waals surface area contributed by atoms with Gasteiger partial charge in [-0.05, 0) is 74.6 Å². The molecule has 1 N–H and O–H groups in total. The summed E-state index contributed by atoms with van der Waals surface area (Å²) in [5.41, 5.74) is 5.86. The molecule has 0 radical (unpaired) electrons. The maximum Gasteiger partial charge on any atom is 0.322 e. The summed E-state index contributed by atoms with van der Waals surface area (Å²) in [5, 5.41) is 8.22. The minimum atomic E-state index is -0.00440. The number of nitrogens with zero attached hydrogens (tertiary/aromatic N) is 6. The van der Waals surface area contributed by atoms with E-state index in [1.165, 1.54) is 0 Å². The lowest BCUT2D eigenvalue weighted by molar-refractivity contribution is 0.112. The zero-order valence-electron chi connectivity index (χ0n) is 23.4. The number of amides is 2. The lowest BCUT2D eigenvalue weighted by Gasteiger charge is -2.38. The molecule has 2 aromatic heterocycles. The van der Waals surface area contributed by atoms with Gasteiger partial charge in [0.2, 0.25) is 0 Å². The second-order valence-corrected chi connectivity index (χ2v) is 10.3. The highest BCUT2D eigenvalue weighted by atomic mass is 16.5. The first-order valence-electron chi connectivity index (χ1n) is 13.5. The highest BCUT2D eigenvalue weighted by Gasteiger charge is 2.30. The van der Waals surface area contributed by atoms with E-state index in [1.54, 1.807) is 19.6 Å². The van der Waals surface area contributed by atoms with Crippen LogP contribution in [0.2, 0.25) is 0 Å². The van der Waals surface area contributed by atoms with Gasteiger partial charge < -0.3 is 19.9 Å². The Bertz CT molecular complexity index is 1530. The van der Waals surface area contributed by atoms with Crippen LogP contribution in [0.4, 0.5) is 16.3 Å². The highest BCUT2D eigenvalue weighted by molar-refractivity contribution is 5.91. The number of methoxy groups -OCH3 is 1. The van der Waals surface area contributed by atoms with E-state index in [4.69, 9.17) is 4.74 Å². The van der Waals surface area contributed by atoms with Crippen molar-refractivity contribution in [2.24, 2.45) is 7.05 Å². The SMILES string of the molecule is COc1ccc2c(c1)CCN(C1CCN(c3cc(C)ncn3)CC1)C(=O)N2.Cc1cc(C=O)cc2cnn(C)c12. The number of benzene rings is 2. The Kier molecular flexibility index (Phi) is 7.95. The molecule has 4 heterocycles. The lowest BCUT2D eigenvalue weighted by Crippen LogP contribution is -2.49. The standard InChI is InChI=1S/C20H25N5O2.C10H10N2O/c1-14-11-19(22-13-21-14)24-8-6-16(7-9-24)25-10-5-15-12-17(27-2)3-4-18(15)23-20(25)26;1-7-3-8(6-13)4-9-5-11-12(2)10(7)9/h3-4,11-13,16H,5-10H2,1-2H3,(H,23,26);3-6H,1-2H3. The van der Waals surface area contributed by atoms with Gasteiger partial charge in [-0.25, -0.2) is 14.8 Å². The number of urea groups is 1. The molecule has 0 spiro atoms. The summed E-state index contributed by atoms with van der Waals surface area (Å²) in [4.78, 5) is 36.2. The van der Waals surface area contributed by atoms with Crippen LogP contribution in [0.5, 0.6) is 5.75 Å². The van der Waals surface area contributed by atoms with Crippen LogP contribution in [-0.2, 0) is 13.5 Å². The molecular formula is C30H35N7O3. The van der Waals surface area contributed by atoms with Gasteiger partial charge in [0, 0.05) is 61.1 Å². The summed E-state index contributed by atoms with van der Waals surface area (Å²) in [6.07, 6.45) is 6.96. The van der Waals surface area contributed by atoms with E-state index in [0.29, 0.717) is 5.56 Å². The molecule has 10 heteroatoms. The molecule has 1 fully saturated rings. The average Bonchev–Trinajstić information content (AvgIpc) is 3.26. The van der Waals surface area contributed by atoms with Crippen LogP contribution >= 0.6 is 0 Å². The quantitative estimate of drug-likeness (QED) is 0.378.